The lowest BCUT2D eigenvalue weighted by molar-refractivity contribution is -0.131. The summed E-state index contributed by atoms with van der Waals surface area (Å²) in [6.45, 7) is 5.50. The molecular formula is C16H29N3O2. The highest BCUT2D eigenvalue weighted by Crippen LogP contribution is 2.23. The number of rotatable bonds is 3. The quantitative estimate of drug-likeness (QED) is 0.793. The SMILES string of the molecule is O=C(CC1CCNCC1)N1C[C@H](O)[C@@H](N2CCCCC2)C1. The summed E-state index contributed by atoms with van der Waals surface area (Å²) in [5.74, 6) is 0.783. The van der Waals surface area contributed by atoms with Gasteiger partial charge in [-0.05, 0) is 57.8 Å². The van der Waals surface area contributed by atoms with Crippen molar-refractivity contribution in [1.82, 2.24) is 15.1 Å². The van der Waals surface area contributed by atoms with Gasteiger partial charge in [-0.2, -0.15) is 0 Å². The number of nitrogens with zero attached hydrogens (tertiary/aromatic N) is 2. The van der Waals surface area contributed by atoms with Crippen LogP contribution in [-0.4, -0.2) is 72.2 Å². The van der Waals surface area contributed by atoms with Gasteiger partial charge in [0.2, 0.25) is 5.91 Å². The fraction of sp³-hybridized carbons (Fsp3) is 0.938. The summed E-state index contributed by atoms with van der Waals surface area (Å²) in [5, 5.41) is 13.7. The molecule has 2 N–H and O–H groups in total. The van der Waals surface area contributed by atoms with Gasteiger partial charge in [0.1, 0.15) is 0 Å². The molecule has 0 aliphatic carbocycles. The first-order chi connectivity index (χ1) is 10.2. The van der Waals surface area contributed by atoms with E-state index in [2.05, 4.69) is 10.2 Å². The number of piperidine rings is 2. The average Bonchev–Trinajstić information content (AvgIpc) is 2.91. The zero-order valence-corrected chi connectivity index (χ0v) is 13.0. The number of hydrogen-bond donors (Lipinski definition) is 2. The first-order valence-corrected chi connectivity index (χ1v) is 8.64. The predicted molar refractivity (Wildman–Crippen MR) is 82.0 cm³/mol. The van der Waals surface area contributed by atoms with E-state index in [1.165, 1.54) is 19.3 Å². The number of β-amino-alcohol motifs (C(OH)–C–C–N with tert-alkyl or cyclic N) is 1. The molecule has 120 valence electrons. The number of nitrogens with one attached hydrogen (secondary N) is 1. The molecule has 0 unspecified atom stereocenters. The Morgan fingerprint density at radius 2 is 1.81 bits per heavy atom. The van der Waals surface area contributed by atoms with Crippen molar-refractivity contribution in [2.75, 3.05) is 39.3 Å². The molecule has 3 rings (SSSR count). The van der Waals surface area contributed by atoms with Crippen LogP contribution in [-0.2, 0) is 4.79 Å². The van der Waals surface area contributed by atoms with Crippen LogP contribution in [0.25, 0.3) is 0 Å². The number of amides is 1. The van der Waals surface area contributed by atoms with Gasteiger partial charge in [0.05, 0.1) is 12.1 Å². The largest absolute Gasteiger partial charge is 0.390 e. The zero-order chi connectivity index (χ0) is 14.7. The smallest absolute Gasteiger partial charge is 0.222 e. The van der Waals surface area contributed by atoms with Crippen LogP contribution in [0, 0.1) is 5.92 Å². The van der Waals surface area contributed by atoms with Crippen LogP contribution in [0.4, 0.5) is 0 Å². The third kappa shape index (κ3) is 3.76. The molecule has 21 heavy (non-hydrogen) atoms. The highest BCUT2D eigenvalue weighted by Gasteiger charge is 2.38. The molecule has 3 aliphatic heterocycles. The number of hydrogen-bond acceptors (Lipinski definition) is 4. The van der Waals surface area contributed by atoms with Crippen LogP contribution in [0.3, 0.4) is 0 Å². The highest BCUT2D eigenvalue weighted by molar-refractivity contribution is 5.77. The summed E-state index contributed by atoms with van der Waals surface area (Å²) >= 11 is 0. The molecule has 3 saturated heterocycles. The number of aliphatic hydroxyl groups is 1. The molecule has 0 bridgehead atoms. The van der Waals surface area contributed by atoms with E-state index >= 15 is 0 Å². The highest BCUT2D eigenvalue weighted by atomic mass is 16.3. The summed E-state index contributed by atoms with van der Waals surface area (Å²) in [6.07, 6.45) is 6.28. The maximum Gasteiger partial charge on any atom is 0.222 e. The fourth-order valence-corrected chi connectivity index (χ4v) is 4.04. The predicted octanol–water partition coefficient (Wildman–Crippen LogP) is 0.434. The average molecular weight is 295 g/mol. The van der Waals surface area contributed by atoms with E-state index < -0.39 is 0 Å². The Morgan fingerprint density at radius 3 is 2.52 bits per heavy atom. The zero-order valence-electron chi connectivity index (χ0n) is 13.0. The van der Waals surface area contributed by atoms with E-state index in [4.69, 9.17) is 0 Å². The Hall–Kier alpha value is -0.650. The van der Waals surface area contributed by atoms with Crippen LogP contribution >= 0.6 is 0 Å². The molecule has 0 saturated carbocycles. The van der Waals surface area contributed by atoms with Crippen LogP contribution in [0.15, 0.2) is 0 Å². The molecule has 5 heteroatoms. The standard InChI is InChI=1S/C16H29N3O2/c20-15-12-19(11-14(15)18-8-2-1-3-9-18)16(21)10-13-4-6-17-7-5-13/h13-15,17,20H,1-12H2/t14-,15-/m0/s1. The summed E-state index contributed by atoms with van der Waals surface area (Å²) < 4.78 is 0. The van der Waals surface area contributed by atoms with Crippen molar-refractivity contribution in [2.24, 2.45) is 5.92 Å². The maximum atomic E-state index is 12.5. The van der Waals surface area contributed by atoms with Gasteiger partial charge in [0.15, 0.2) is 0 Å². The molecule has 0 radical (unpaired) electrons. The van der Waals surface area contributed by atoms with Crippen molar-refractivity contribution < 1.29 is 9.90 Å². The molecule has 0 aromatic heterocycles. The Kier molecular flexibility index (Phi) is 5.14. The molecule has 0 aromatic carbocycles. The molecule has 0 spiro atoms. The first-order valence-electron chi connectivity index (χ1n) is 8.64. The number of likely N-dealkylation sites (tertiary alicyclic amines) is 2. The van der Waals surface area contributed by atoms with Gasteiger partial charge < -0.3 is 15.3 Å². The number of carbonyl (C=O) groups excluding carboxylic acids is 1. The van der Waals surface area contributed by atoms with Gasteiger partial charge in [-0.3, -0.25) is 9.69 Å². The van der Waals surface area contributed by atoms with E-state index in [0.29, 0.717) is 18.9 Å². The molecule has 0 aromatic rings. The molecule has 3 aliphatic rings. The van der Waals surface area contributed by atoms with E-state index in [-0.39, 0.29) is 18.1 Å². The second-order valence-electron chi connectivity index (χ2n) is 6.93. The summed E-state index contributed by atoms with van der Waals surface area (Å²) in [4.78, 5) is 16.8. The topological polar surface area (TPSA) is 55.8 Å². The summed E-state index contributed by atoms with van der Waals surface area (Å²) in [6, 6.07) is 0.169. The van der Waals surface area contributed by atoms with Crippen molar-refractivity contribution in [2.45, 2.75) is 50.7 Å². The van der Waals surface area contributed by atoms with Gasteiger partial charge in [0.25, 0.3) is 0 Å². The van der Waals surface area contributed by atoms with Gasteiger partial charge >= 0.3 is 0 Å². The van der Waals surface area contributed by atoms with Gasteiger partial charge in [0, 0.05) is 19.5 Å². The van der Waals surface area contributed by atoms with Gasteiger partial charge in [-0.25, -0.2) is 0 Å². The van der Waals surface area contributed by atoms with Crippen molar-refractivity contribution >= 4 is 5.91 Å². The Morgan fingerprint density at radius 1 is 1.10 bits per heavy atom. The second-order valence-corrected chi connectivity index (χ2v) is 6.93. The molecule has 1 amide bonds. The van der Waals surface area contributed by atoms with Crippen molar-refractivity contribution in [3.8, 4) is 0 Å². The normalized spacial score (nSPS) is 32.5. The van der Waals surface area contributed by atoms with Gasteiger partial charge in [-0.1, -0.05) is 6.42 Å². The Bertz CT molecular complexity index is 351. The first kappa shape index (κ1) is 15.3. The summed E-state index contributed by atoms with van der Waals surface area (Å²) in [7, 11) is 0. The van der Waals surface area contributed by atoms with Crippen LogP contribution in [0.5, 0.6) is 0 Å². The Labute approximate surface area is 127 Å². The van der Waals surface area contributed by atoms with E-state index in [1.54, 1.807) is 0 Å². The number of carbonyl (C=O) groups is 1. The van der Waals surface area contributed by atoms with Crippen molar-refractivity contribution in [1.29, 1.82) is 0 Å². The van der Waals surface area contributed by atoms with Crippen LogP contribution in [0.1, 0.15) is 38.5 Å². The number of aliphatic hydroxyl groups excluding tert-OH is 1. The van der Waals surface area contributed by atoms with E-state index in [9.17, 15) is 9.90 Å². The minimum Gasteiger partial charge on any atom is -0.390 e. The third-order valence-electron chi connectivity index (χ3n) is 5.39. The minimum atomic E-state index is -0.361. The lowest BCUT2D eigenvalue weighted by Gasteiger charge is -2.33. The molecule has 2 atom stereocenters. The van der Waals surface area contributed by atoms with Crippen LogP contribution in [0.2, 0.25) is 0 Å². The lowest BCUT2D eigenvalue weighted by atomic mass is 9.94. The lowest BCUT2D eigenvalue weighted by Crippen LogP contribution is -2.46. The summed E-state index contributed by atoms with van der Waals surface area (Å²) in [5.41, 5.74) is 0. The van der Waals surface area contributed by atoms with E-state index in [0.717, 1.165) is 45.6 Å². The van der Waals surface area contributed by atoms with E-state index in [1.807, 2.05) is 4.90 Å². The van der Waals surface area contributed by atoms with Crippen LogP contribution < -0.4 is 5.32 Å². The fourth-order valence-electron chi connectivity index (χ4n) is 4.04. The molecule has 3 heterocycles. The van der Waals surface area contributed by atoms with Crippen molar-refractivity contribution in [3.63, 3.8) is 0 Å². The molecular weight excluding hydrogens is 266 g/mol. The maximum absolute atomic E-state index is 12.5. The third-order valence-corrected chi connectivity index (χ3v) is 5.39. The van der Waals surface area contributed by atoms with Crippen molar-refractivity contribution in [3.05, 3.63) is 0 Å². The minimum absolute atomic E-state index is 0.169. The monoisotopic (exact) mass is 295 g/mol. The molecule has 5 nitrogen and oxygen atoms in total. The second kappa shape index (κ2) is 7.07. The van der Waals surface area contributed by atoms with Gasteiger partial charge in [-0.15, -0.1) is 0 Å². The molecule has 3 fully saturated rings. The Balaban J connectivity index is 1.50.